The largest absolute Gasteiger partial charge is 0.497 e. The quantitative estimate of drug-likeness (QED) is 0.632. The van der Waals surface area contributed by atoms with Crippen molar-refractivity contribution in [3.8, 4) is 5.75 Å². The highest BCUT2D eigenvalue weighted by molar-refractivity contribution is 5.92. The van der Waals surface area contributed by atoms with Gasteiger partial charge in [-0.3, -0.25) is 0 Å². The van der Waals surface area contributed by atoms with E-state index in [2.05, 4.69) is 30.2 Å². The van der Waals surface area contributed by atoms with Crippen LogP contribution in [0.4, 0.5) is 0 Å². The van der Waals surface area contributed by atoms with Gasteiger partial charge in [0.1, 0.15) is 5.75 Å². The maximum Gasteiger partial charge on any atom is 0.119 e. The number of nitrogens with zero attached hydrogens (tertiary/aromatic N) is 1. The minimum atomic E-state index is 0.264. The van der Waals surface area contributed by atoms with Gasteiger partial charge in [-0.1, -0.05) is 13.0 Å². The highest BCUT2D eigenvalue weighted by Crippen LogP contribution is 2.59. The number of methoxy groups -OCH3 is 1. The number of nitrogens with two attached hydrogens (primary N) is 1. The van der Waals surface area contributed by atoms with Crippen LogP contribution in [0.15, 0.2) is 23.3 Å². The van der Waals surface area contributed by atoms with Gasteiger partial charge in [0.2, 0.25) is 0 Å². The molecule has 22 heavy (non-hydrogen) atoms. The molecule has 0 spiro atoms. The first-order valence-corrected chi connectivity index (χ1v) is 8.61. The fourth-order valence-electron chi connectivity index (χ4n) is 5.69. The van der Waals surface area contributed by atoms with E-state index in [9.17, 15) is 0 Å². The first-order valence-electron chi connectivity index (χ1n) is 8.61. The summed E-state index contributed by atoms with van der Waals surface area (Å²) in [7, 11) is 1.76. The van der Waals surface area contributed by atoms with Gasteiger partial charge in [-0.2, -0.15) is 5.10 Å². The molecule has 3 aliphatic carbocycles. The van der Waals surface area contributed by atoms with Crippen LogP contribution in [0.5, 0.6) is 5.75 Å². The van der Waals surface area contributed by atoms with E-state index in [4.69, 9.17) is 10.6 Å². The zero-order valence-corrected chi connectivity index (χ0v) is 13.6. The Kier molecular flexibility index (Phi) is 3.21. The summed E-state index contributed by atoms with van der Waals surface area (Å²) in [6, 6.07) is 6.71. The third-order valence-electron chi connectivity index (χ3n) is 6.83. The minimum absolute atomic E-state index is 0.264. The van der Waals surface area contributed by atoms with Crippen LogP contribution in [0.1, 0.15) is 56.1 Å². The number of fused-ring (bicyclic) bond motifs is 5. The van der Waals surface area contributed by atoms with Crippen LogP contribution in [-0.4, -0.2) is 12.8 Å². The van der Waals surface area contributed by atoms with Crippen LogP contribution in [0.3, 0.4) is 0 Å². The molecule has 1 aromatic rings. The molecule has 0 aromatic heterocycles. The molecule has 2 saturated carbocycles. The van der Waals surface area contributed by atoms with Crippen molar-refractivity contribution < 1.29 is 4.74 Å². The lowest BCUT2D eigenvalue weighted by molar-refractivity contribution is 0.0955. The van der Waals surface area contributed by atoms with E-state index < -0.39 is 0 Å². The molecule has 3 heteroatoms. The van der Waals surface area contributed by atoms with Crippen molar-refractivity contribution in [3.05, 3.63) is 29.3 Å². The standard InChI is InChI=1S/C19H26N2O/c1-19-10-9-15-14-6-4-13(22-2)11-12(14)3-5-16(15)17(19)7-8-18(19)21-20/h4,6,11,15-17H,3,5,7-10,20H2,1-2H3/b21-18-/t15-,16-,17+,19-/m1/s1. The van der Waals surface area contributed by atoms with Gasteiger partial charge in [0.15, 0.2) is 0 Å². The van der Waals surface area contributed by atoms with Crippen LogP contribution in [0, 0.1) is 17.3 Å². The molecule has 0 bridgehead atoms. The highest BCUT2D eigenvalue weighted by atomic mass is 16.5. The van der Waals surface area contributed by atoms with Gasteiger partial charge in [-0.25, -0.2) is 0 Å². The Morgan fingerprint density at radius 3 is 2.86 bits per heavy atom. The summed E-state index contributed by atoms with van der Waals surface area (Å²) in [4.78, 5) is 0. The second kappa shape index (κ2) is 5.00. The van der Waals surface area contributed by atoms with E-state index in [1.54, 1.807) is 12.7 Å². The summed E-state index contributed by atoms with van der Waals surface area (Å²) < 4.78 is 5.40. The average molecular weight is 298 g/mol. The molecule has 0 heterocycles. The summed E-state index contributed by atoms with van der Waals surface area (Å²) in [6.45, 7) is 2.41. The number of ether oxygens (including phenoxy) is 1. The van der Waals surface area contributed by atoms with E-state index in [0.29, 0.717) is 0 Å². The van der Waals surface area contributed by atoms with Crippen LogP contribution in [0.25, 0.3) is 0 Å². The minimum Gasteiger partial charge on any atom is -0.497 e. The van der Waals surface area contributed by atoms with Gasteiger partial charge in [-0.15, -0.1) is 0 Å². The smallest absolute Gasteiger partial charge is 0.119 e. The Bertz CT molecular complexity index is 624. The Balaban J connectivity index is 1.69. The Morgan fingerprint density at radius 1 is 1.23 bits per heavy atom. The molecule has 0 amide bonds. The SMILES string of the molecule is COc1ccc2c(c1)CC[C@@H]1[C@@H]2CC[C@@]2(C)/C(=N\N)CC[C@@H]12. The van der Waals surface area contributed by atoms with Crippen molar-refractivity contribution in [2.45, 2.75) is 51.4 Å². The van der Waals surface area contributed by atoms with Crippen LogP contribution in [-0.2, 0) is 6.42 Å². The van der Waals surface area contributed by atoms with Crippen molar-refractivity contribution in [2.75, 3.05) is 7.11 Å². The molecule has 0 saturated heterocycles. The average Bonchev–Trinajstić information content (AvgIpc) is 2.90. The van der Waals surface area contributed by atoms with Crippen molar-refractivity contribution in [2.24, 2.45) is 28.2 Å². The van der Waals surface area contributed by atoms with Gasteiger partial charge in [0.05, 0.1) is 7.11 Å². The fraction of sp³-hybridized carbons (Fsp3) is 0.632. The Morgan fingerprint density at radius 2 is 2.09 bits per heavy atom. The molecule has 0 radical (unpaired) electrons. The molecular formula is C19H26N2O. The van der Waals surface area contributed by atoms with Crippen LogP contribution in [0.2, 0.25) is 0 Å². The Labute approximate surface area is 132 Å². The van der Waals surface area contributed by atoms with Crippen LogP contribution < -0.4 is 10.6 Å². The topological polar surface area (TPSA) is 47.6 Å². The number of rotatable bonds is 1. The highest BCUT2D eigenvalue weighted by Gasteiger charge is 2.53. The van der Waals surface area contributed by atoms with E-state index in [1.807, 2.05) is 0 Å². The third kappa shape index (κ3) is 1.84. The molecule has 118 valence electrons. The van der Waals surface area contributed by atoms with E-state index in [-0.39, 0.29) is 5.41 Å². The number of hydrazone groups is 1. The lowest BCUT2D eigenvalue weighted by Crippen LogP contribution is -2.42. The number of hydrogen-bond donors (Lipinski definition) is 1. The predicted octanol–water partition coefficient (Wildman–Crippen LogP) is 3.87. The van der Waals surface area contributed by atoms with Gasteiger partial charge in [-0.05, 0) is 79.5 Å². The molecule has 3 aliphatic rings. The third-order valence-corrected chi connectivity index (χ3v) is 6.83. The second-order valence-electron chi connectivity index (χ2n) is 7.55. The molecule has 4 atom stereocenters. The first kappa shape index (κ1) is 14.1. The number of benzene rings is 1. The maximum absolute atomic E-state index is 5.68. The zero-order valence-electron chi connectivity index (χ0n) is 13.6. The first-order chi connectivity index (χ1) is 10.7. The fourth-order valence-corrected chi connectivity index (χ4v) is 5.69. The van der Waals surface area contributed by atoms with Gasteiger partial charge in [0, 0.05) is 11.1 Å². The predicted molar refractivity (Wildman–Crippen MR) is 89.2 cm³/mol. The van der Waals surface area contributed by atoms with Crippen molar-refractivity contribution >= 4 is 5.71 Å². The summed E-state index contributed by atoms with van der Waals surface area (Å²) in [5, 5.41) is 4.15. The lowest BCUT2D eigenvalue weighted by Gasteiger charge is -2.49. The molecule has 2 fully saturated rings. The van der Waals surface area contributed by atoms with Gasteiger partial charge >= 0.3 is 0 Å². The number of aryl methyl sites for hydroxylation is 1. The second-order valence-corrected chi connectivity index (χ2v) is 7.55. The van der Waals surface area contributed by atoms with Gasteiger partial charge in [0.25, 0.3) is 0 Å². The van der Waals surface area contributed by atoms with E-state index in [0.717, 1.165) is 29.9 Å². The molecule has 0 unspecified atom stereocenters. The normalized spacial score (nSPS) is 38.3. The van der Waals surface area contributed by atoms with E-state index in [1.165, 1.54) is 43.4 Å². The lowest BCUT2D eigenvalue weighted by atomic mass is 9.55. The number of hydrogen-bond acceptors (Lipinski definition) is 3. The summed E-state index contributed by atoms with van der Waals surface area (Å²) >= 11 is 0. The monoisotopic (exact) mass is 298 g/mol. The Hall–Kier alpha value is -1.51. The van der Waals surface area contributed by atoms with E-state index >= 15 is 0 Å². The molecule has 4 rings (SSSR count). The molecular weight excluding hydrogens is 272 g/mol. The summed E-state index contributed by atoms with van der Waals surface area (Å²) in [6.07, 6.45) is 7.39. The van der Waals surface area contributed by atoms with Gasteiger partial charge < -0.3 is 10.6 Å². The summed E-state index contributed by atoms with van der Waals surface area (Å²) in [5.74, 6) is 8.97. The molecule has 2 N–H and O–H groups in total. The molecule has 3 nitrogen and oxygen atoms in total. The molecule has 0 aliphatic heterocycles. The van der Waals surface area contributed by atoms with Crippen LogP contribution >= 0.6 is 0 Å². The summed E-state index contributed by atoms with van der Waals surface area (Å²) in [5.41, 5.74) is 4.63. The molecule has 1 aromatic carbocycles. The van der Waals surface area contributed by atoms with Crippen molar-refractivity contribution in [1.29, 1.82) is 0 Å². The van der Waals surface area contributed by atoms with Crippen molar-refractivity contribution in [1.82, 2.24) is 0 Å². The zero-order chi connectivity index (χ0) is 15.3. The maximum atomic E-state index is 5.68. The van der Waals surface area contributed by atoms with Crippen molar-refractivity contribution in [3.63, 3.8) is 0 Å².